The van der Waals surface area contributed by atoms with E-state index in [0.29, 0.717) is 0 Å². The summed E-state index contributed by atoms with van der Waals surface area (Å²) in [6.45, 7) is 5.66. The SMILES string of the molecule is CCCCCCCCCC[C@@H](O)[C@H]1CC[C@H]([C@H]2CC[C@H]([C@@H](CCCCCCCCCCCCC3=C[C@H](C)OC3=O)OC(C)=O)O2)O1. The van der Waals surface area contributed by atoms with E-state index in [1.165, 1.54) is 96.8 Å². The smallest absolute Gasteiger partial charge is 0.334 e. The van der Waals surface area contributed by atoms with Crippen LogP contribution in [0, 0.1) is 0 Å². The number of aliphatic hydroxyl groups is 1. The second kappa shape index (κ2) is 23.0. The summed E-state index contributed by atoms with van der Waals surface area (Å²) in [5.74, 6) is -0.354. The van der Waals surface area contributed by atoms with Crippen molar-refractivity contribution in [3.05, 3.63) is 11.6 Å². The normalized spacial score (nSPS) is 25.9. The van der Waals surface area contributed by atoms with Crippen LogP contribution in [0.25, 0.3) is 0 Å². The molecule has 3 aliphatic heterocycles. The topological polar surface area (TPSA) is 91.3 Å². The number of hydrogen-bond acceptors (Lipinski definition) is 7. The minimum atomic E-state index is -0.381. The maximum atomic E-state index is 11.9. The van der Waals surface area contributed by atoms with Crippen LogP contribution in [0.5, 0.6) is 0 Å². The first-order chi connectivity index (χ1) is 22.4. The van der Waals surface area contributed by atoms with Gasteiger partial charge in [0, 0.05) is 12.5 Å². The van der Waals surface area contributed by atoms with Gasteiger partial charge in [0.25, 0.3) is 0 Å². The first-order valence-electron chi connectivity index (χ1n) is 19.4. The van der Waals surface area contributed by atoms with Crippen LogP contribution in [0.3, 0.4) is 0 Å². The van der Waals surface area contributed by atoms with Gasteiger partial charge in [0.05, 0.1) is 30.5 Å². The number of ether oxygens (including phenoxy) is 4. The fraction of sp³-hybridized carbons (Fsp3) is 0.897. The van der Waals surface area contributed by atoms with Gasteiger partial charge in [-0.1, -0.05) is 110 Å². The van der Waals surface area contributed by atoms with E-state index in [2.05, 4.69) is 6.92 Å². The van der Waals surface area contributed by atoms with Gasteiger partial charge >= 0.3 is 11.9 Å². The molecule has 3 heterocycles. The molecule has 46 heavy (non-hydrogen) atoms. The van der Waals surface area contributed by atoms with Gasteiger partial charge in [-0.15, -0.1) is 0 Å². The zero-order chi connectivity index (χ0) is 33.0. The summed E-state index contributed by atoms with van der Waals surface area (Å²) >= 11 is 0. The molecule has 1 N–H and O–H groups in total. The average molecular weight is 649 g/mol. The lowest BCUT2D eigenvalue weighted by Crippen LogP contribution is -2.34. The quantitative estimate of drug-likeness (QED) is 0.0738. The molecule has 0 radical (unpaired) electrons. The third-order valence-electron chi connectivity index (χ3n) is 10.3. The zero-order valence-corrected chi connectivity index (χ0v) is 29.7. The fourth-order valence-corrected chi connectivity index (χ4v) is 7.58. The van der Waals surface area contributed by atoms with E-state index in [1.54, 1.807) is 0 Å². The van der Waals surface area contributed by atoms with E-state index >= 15 is 0 Å². The number of esters is 2. The van der Waals surface area contributed by atoms with Crippen LogP contribution < -0.4 is 0 Å². The van der Waals surface area contributed by atoms with E-state index in [0.717, 1.165) is 76.2 Å². The minimum absolute atomic E-state index is 0.0309. The second-order valence-electron chi connectivity index (χ2n) is 14.4. The third-order valence-corrected chi connectivity index (χ3v) is 10.3. The number of carbonyl (C=O) groups excluding carboxylic acids is 2. The Morgan fingerprint density at radius 1 is 0.761 bits per heavy atom. The first kappa shape index (κ1) is 39.0. The summed E-state index contributed by atoms with van der Waals surface area (Å²) < 4.78 is 23.7. The molecule has 3 aliphatic rings. The molecule has 0 bridgehead atoms. The Labute approximate surface area is 280 Å². The zero-order valence-electron chi connectivity index (χ0n) is 29.7. The Kier molecular flexibility index (Phi) is 19.5. The van der Waals surface area contributed by atoms with Crippen molar-refractivity contribution in [2.24, 2.45) is 0 Å². The van der Waals surface area contributed by atoms with Crippen molar-refractivity contribution in [3.8, 4) is 0 Å². The van der Waals surface area contributed by atoms with Gasteiger partial charge in [-0.05, 0) is 70.8 Å². The highest BCUT2D eigenvalue weighted by atomic mass is 16.6. The average Bonchev–Trinajstić information content (AvgIpc) is 3.78. The summed E-state index contributed by atoms with van der Waals surface area (Å²) in [5, 5.41) is 10.8. The predicted molar refractivity (Wildman–Crippen MR) is 184 cm³/mol. The van der Waals surface area contributed by atoms with Crippen LogP contribution in [0.4, 0.5) is 0 Å². The number of aliphatic hydroxyl groups excluding tert-OH is 1. The lowest BCUT2D eigenvalue weighted by molar-refractivity contribution is -0.158. The molecule has 0 aliphatic carbocycles. The summed E-state index contributed by atoms with van der Waals surface area (Å²) in [4.78, 5) is 23.6. The van der Waals surface area contributed by atoms with Crippen LogP contribution in [0.1, 0.15) is 181 Å². The number of rotatable bonds is 26. The molecule has 2 saturated heterocycles. The number of cyclic esters (lactones) is 1. The Morgan fingerprint density at radius 3 is 1.80 bits per heavy atom. The molecule has 266 valence electrons. The lowest BCUT2D eigenvalue weighted by atomic mass is 10.00. The van der Waals surface area contributed by atoms with E-state index in [1.807, 2.05) is 13.0 Å². The molecule has 0 spiro atoms. The van der Waals surface area contributed by atoms with Crippen molar-refractivity contribution in [1.82, 2.24) is 0 Å². The van der Waals surface area contributed by atoms with Crippen molar-refractivity contribution in [1.29, 1.82) is 0 Å². The molecule has 0 aromatic heterocycles. The van der Waals surface area contributed by atoms with Gasteiger partial charge in [-0.3, -0.25) is 4.79 Å². The molecular weight excluding hydrogens is 580 g/mol. The summed E-state index contributed by atoms with van der Waals surface area (Å²) in [6.07, 6.45) is 29.6. The van der Waals surface area contributed by atoms with Gasteiger partial charge in [-0.2, -0.15) is 0 Å². The lowest BCUT2D eigenvalue weighted by Gasteiger charge is -2.26. The highest BCUT2D eigenvalue weighted by Gasteiger charge is 2.41. The summed E-state index contributed by atoms with van der Waals surface area (Å²) in [7, 11) is 0. The molecule has 7 nitrogen and oxygen atoms in total. The Hall–Kier alpha value is -1.44. The largest absolute Gasteiger partial charge is 0.460 e. The maximum absolute atomic E-state index is 11.9. The molecule has 0 aromatic carbocycles. The Morgan fingerprint density at radius 2 is 1.26 bits per heavy atom. The third kappa shape index (κ3) is 15.2. The monoisotopic (exact) mass is 648 g/mol. The standard InChI is InChI=1S/C39H68O7/c1-4-5-6-7-8-14-17-20-23-33(41)34-25-26-37(45-34)38-28-27-36(46-38)35(44-31(3)40)24-21-18-15-12-10-9-11-13-16-19-22-32-29-30(2)43-39(32)42/h29-30,33-38,41H,4-28H2,1-3H3/t30-,33+,34+,35+,36+,37+,38+/m0/s1. The Balaban J connectivity index is 1.20. The maximum Gasteiger partial charge on any atom is 0.334 e. The van der Waals surface area contributed by atoms with E-state index < -0.39 is 0 Å². The van der Waals surface area contributed by atoms with Gasteiger partial charge in [-0.25, -0.2) is 4.79 Å². The van der Waals surface area contributed by atoms with Crippen LogP contribution in [0.15, 0.2) is 11.6 Å². The van der Waals surface area contributed by atoms with E-state index in [9.17, 15) is 14.7 Å². The van der Waals surface area contributed by atoms with Gasteiger partial charge in [0.15, 0.2) is 0 Å². The van der Waals surface area contributed by atoms with Crippen LogP contribution in [0.2, 0.25) is 0 Å². The van der Waals surface area contributed by atoms with Crippen molar-refractivity contribution in [2.45, 2.75) is 224 Å². The van der Waals surface area contributed by atoms with Crippen molar-refractivity contribution in [3.63, 3.8) is 0 Å². The predicted octanol–water partition coefficient (Wildman–Crippen LogP) is 9.46. The molecule has 7 atom stereocenters. The van der Waals surface area contributed by atoms with Gasteiger partial charge < -0.3 is 24.1 Å². The van der Waals surface area contributed by atoms with Crippen molar-refractivity contribution in [2.75, 3.05) is 0 Å². The molecule has 7 heteroatoms. The molecular formula is C39H68O7. The second-order valence-corrected chi connectivity index (χ2v) is 14.4. The number of hydrogen-bond donors (Lipinski definition) is 1. The van der Waals surface area contributed by atoms with Crippen LogP contribution in [-0.4, -0.2) is 59.8 Å². The summed E-state index contributed by atoms with van der Waals surface area (Å²) in [6, 6.07) is 0. The Bertz CT molecular complexity index is 872. The van der Waals surface area contributed by atoms with Crippen molar-refractivity contribution >= 4 is 11.9 Å². The molecule has 0 amide bonds. The highest BCUT2D eigenvalue weighted by Crippen LogP contribution is 2.35. The first-order valence-corrected chi connectivity index (χ1v) is 19.4. The molecule has 2 fully saturated rings. The molecule has 0 aromatic rings. The van der Waals surface area contributed by atoms with Crippen molar-refractivity contribution < 1.29 is 33.6 Å². The highest BCUT2D eigenvalue weighted by molar-refractivity contribution is 5.90. The minimum Gasteiger partial charge on any atom is -0.460 e. The van der Waals surface area contributed by atoms with Gasteiger partial charge in [0.2, 0.25) is 0 Å². The molecule has 0 saturated carbocycles. The summed E-state index contributed by atoms with van der Waals surface area (Å²) in [5.41, 5.74) is 0.860. The number of carbonyl (C=O) groups is 2. The molecule has 3 rings (SSSR count). The van der Waals surface area contributed by atoms with Gasteiger partial charge in [0.1, 0.15) is 12.2 Å². The van der Waals surface area contributed by atoms with Crippen LogP contribution in [-0.2, 0) is 28.5 Å². The number of unbranched alkanes of at least 4 members (excludes halogenated alkanes) is 16. The van der Waals surface area contributed by atoms with E-state index in [-0.39, 0.29) is 54.7 Å². The fourth-order valence-electron chi connectivity index (χ4n) is 7.58. The van der Waals surface area contributed by atoms with Crippen LogP contribution >= 0.6 is 0 Å². The van der Waals surface area contributed by atoms with E-state index in [4.69, 9.17) is 18.9 Å². The molecule has 0 unspecified atom stereocenters.